The molecule has 2 aromatic rings. The first-order chi connectivity index (χ1) is 15.3. The average Bonchev–Trinajstić information content (AvgIpc) is 2.76. The summed E-state index contributed by atoms with van der Waals surface area (Å²) < 4.78 is 44.0. The summed E-state index contributed by atoms with van der Waals surface area (Å²) in [6.07, 6.45) is -1.63. The van der Waals surface area contributed by atoms with Crippen LogP contribution in [-0.4, -0.2) is 30.6 Å². The molecule has 0 atom stereocenters. The average molecular weight is 467 g/mol. The number of carbonyl (C=O) groups is 1. The number of aromatic nitrogens is 1. The van der Waals surface area contributed by atoms with Crippen LogP contribution in [0, 0.1) is 17.2 Å². The van der Waals surface area contributed by atoms with Crippen LogP contribution >= 0.6 is 11.6 Å². The molecule has 1 fully saturated rings. The van der Waals surface area contributed by atoms with Gasteiger partial charge in [-0.2, -0.15) is 18.4 Å². The smallest absolute Gasteiger partial charge is 0.417 e. The maximum atomic E-state index is 12.8. The minimum Gasteiger partial charge on any atom is -0.493 e. The Morgan fingerprint density at radius 2 is 2.06 bits per heavy atom. The van der Waals surface area contributed by atoms with E-state index in [4.69, 9.17) is 21.6 Å². The van der Waals surface area contributed by atoms with Crippen molar-refractivity contribution in [2.75, 3.05) is 29.9 Å². The molecule has 0 aliphatic carbocycles. The first-order valence-electron chi connectivity index (χ1n) is 10.2. The first-order valence-corrected chi connectivity index (χ1v) is 10.5. The van der Waals surface area contributed by atoms with Crippen molar-refractivity contribution in [1.29, 1.82) is 5.26 Å². The summed E-state index contributed by atoms with van der Waals surface area (Å²) in [5.74, 6) is 0.538. The van der Waals surface area contributed by atoms with Gasteiger partial charge in [-0.05, 0) is 37.5 Å². The van der Waals surface area contributed by atoms with E-state index in [9.17, 15) is 18.0 Å². The molecule has 0 spiro atoms. The Morgan fingerprint density at radius 1 is 1.31 bits per heavy atom. The number of benzene rings is 1. The highest BCUT2D eigenvalue weighted by Crippen LogP contribution is 2.34. The molecule has 1 aromatic heterocycles. The summed E-state index contributed by atoms with van der Waals surface area (Å²) in [5.41, 5.74) is -0.278. The molecule has 0 saturated carbocycles. The zero-order chi connectivity index (χ0) is 23.1. The van der Waals surface area contributed by atoms with Crippen LogP contribution in [0.15, 0.2) is 36.5 Å². The SMILES string of the molecule is N#CCCCOc1cccc(NC(=O)C2CCN(c3ncc(C(F)(F)F)cc3Cl)CC2)c1. The van der Waals surface area contributed by atoms with Crippen molar-refractivity contribution >= 4 is 29.0 Å². The third kappa shape index (κ3) is 6.26. The lowest BCUT2D eigenvalue weighted by Gasteiger charge is -2.32. The molecule has 0 unspecified atom stereocenters. The molecule has 1 saturated heterocycles. The van der Waals surface area contributed by atoms with Gasteiger partial charge in [0.2, 0.25) is 5.91 Å². The zero-order valence-electron chi connectivity index (χ0n) is 17.2. The normalized spacial score (nSPS) is 14.7. The topological polar surface area (TPSA) is 78.2 Å². The van der Waals surface area contributed by atoms with Crippen molar-refractivity contribution in [3.63, 3.8) is 0 Å². The molecule has 1 N–H and O–H groups in total. The molecule has 32 heavy (non-hydrogen) atoms. The number of anilines is 2. The summed E-state index contributed by atoms with van der Waals surface area (Å²) >= 11 is 6.03. The molecule has 1 aliphatic rings. The van der Waals surface area contributed by atoms with Crippen molar-refractivity contribution in [3.8, 4) is 11.8 Å². The van der Waals surface area contributed by atoms with Gasteiger partial charge in [-0.15, -0.1) is 0 Å². The summed E-state index contributed by atoms with van der Waals surface area (Å²) in [6, 6.07) is 9.97. The lowest BCUT2D eigenvalue weighted by atomic mass is 9.95. The van der Waals surface area contributed by atoms with Crippen LogP contribution < -0.4 is 15.0 Å². The van der Waals surface area contributed by atoms with Gasteiger partial charge in [0, 0.05) is 43.4 Å². The number of alkyl halides is 3. The van der Waals surface area contributed by atoms with Gasteiger partial charge in [-0.25, -0.2) is 4.98 Å². The fraction of sp³-hybridized carbons (Fsp3) is 0.409. The Kier molecular flexibility index (Phi) is 7.80. The fourth-order valence-electron chi connectivity index (χ4n) is 3.42. The number of nitrogens with zero attached hydrogens (tertiary/aromatic N) is 3. The van der Waals surface area contributed by atoms with Gasteiger partial charge < -0.3 is 15.0 Å². The van der Waals surface area contributed by atoms with Crippen molar-refractivity contribution < 1.29 is 22.7 Å². The number of unbranched alkanes of at least 4 members (excludes halogenated alkanes) is 1. The predicted molar refractivity (Wildman–Crippen MR) is 115 cm³/mol. The van der Waals surface area contributed by atoms with Crippen LogP contribution in [0.4, 0.5) is 24.7 Å². The van der Waals surface area contributed by atoms with E-state index in [1.54, 1.807) is 29.2 Å². The van der Waals surface area contributed by atoms with Crippen LogP contribution in [0.5, 0.6) is 5.75 Å². The Bertz CT molecular complexity index is 986. The molecular formula is C22H22ClF3N4O2. The van der Waals surface area contributed by atoms with Gasteiger partial charge in [0.1, 0.15) is 11.6 Å². The van der Waals surface area contributed by atoms with Crippen molar-refractivity contribution in [2.45, 2.75) is 31.9 Å². The number of piperidine rings is 1. The number of pyridine rings is 1. The molecule has 1 aromatic carbocycles. The standard InChI is InChI=1S/C22H22ClF3N4O2/c23-19-12-16(22(24,25)26)14-28-20(19)30-9-6-15(7-10-30)21(31)29-17-4-3-5-18(13-17)32-11-2-1-8-27/h3-5,12-15H,1-2,6-7,9-11H2,(H,29,31). The van der Waals surface area contributed by atoms with Crippen LogP contribution in [0.1, 0.15) is 31.2 Å². The third-order valence-corrected chi connectivity index (χ3v) is 5.40. The molecule has 1 amide bonds. The quantitative estimate of drug-likeness (QED) is 0.561. The second kappa shape index (κ2) is 10.6. The summed E-state index contributed by atoms with van der Waals surface area (Å²) in [5, 5.41) is 11.4. The van der Waals surface area contributed by atoms with Gasteiger partial charge >= 0.3 is 6.18 Å². The molecule has 2 heterocycles. The van der Waals surface area contributed by atoms with Crippen LogP contribution in [-0.2, 0) is 11.0 Å². The van der Waals surface area contributed by atoms with Gasteiger partial charge in [0.05, 0.1) is 23.3 Å². The molecule has 3 rings (SSSR count). The number of nitrogens with one attached hydrogen (secondary N) is 1. The van der Waals surface area contributed by atoms with E-state index in [2.05, 4.69) is 16.4 Å². The highest BCUT2D eigenvalue weighted by atomic mass is 35.5. The van der Waals surface area contributed by atoms with E-state index in [1.807, 2.05) is 0 Å². The number of rotatable bonds is 7. The first kappa shape index (κ1) is 23.7. The van der Waals surface area contributed by atoms with Crippen LogP contribution in [0.3, 0.4) is 0 Å². The third-order valence-electron chi connectivity index (χ3n) is 5.12. The Balaban J connectivity index is 1.53. The molecule has 0 radical (unpaired) electrons. The maximum absolute atomic E-state index is 12.8. The van der Waals surface area contributed by atoms with E-state index in [1.165, 1.54) is 0 Å². The van der Waals surface area contributed by atoms with Crippen molar-refractivity contribution in [3.05, 3.63) is 47.1 Å². The molecule has 170 valence electrons. The largest absolute Gasteiger partial charge is 0.493 e. The fourth-order valence-corrected chi connectivity index (χ4v) is 3.71. The van der Waals surface area contributed by atoms with Crippen molar-refractivity contribution in [2.24, 2.45) is 5.92 Å². The van der Waals surface area contributed by atoms with E-state index >= 15 is 0 Å². The molecular weight excluding hydrogens is 445 g/mol. The second-order valence-corrected chi connectivity index (χ2v) is 7.82. The van der Waals surface area contributed by atoms with Gasteiger partial charge in [0.15, 0.2) is 0 Å². The zero-order valence-corrected chi connectivity index (χ0v) is 17.9. The molecule has 10 heteroatoms. The number of halogens is 4. The number of hydrogen-bond donors (Lipinski definition) is 1. The molecule has 6 nitrogen and oxygen atoms in total. The van der Waals surface area contributed by atoms with Gasteiger partial charge in [-0.1, -0.05) is 17.7 Å². The lowest BCUT2D eigenvalue weighted by Crippen LogP contribution is -2.38. The minimum atomic E-state index is -4.50. The highest BCUT2D eigenvalue weighted by molar-refractivity contribution is 6.33. The predicted octanol–water partition coefficient (Wildman–Crippen LogP) is 5.29. The summed E-state index contributed by atoms with van der Waals surface area (Å²) in [6.45, 7) is 1.33. The van der Waals surface area contributed by atoms with Crippen LogP contribution in [0.25, 0.3) is 0 Å². The number of amides is 1. The van der Waals surface area contributed by atoms with E-state index in [-0.39, 0.29) is 16.8 Å². The summed E-state index contributed by atoms with van der Waals surface area (Å²) in [4.78, 5) is 18.4. The lowest BCUT2D eigenvalue weighted by molar-refractivity contribution is -0.137. The number of ether oxygens (including phenoxy) is 1. The Morgan fingerprint density at radius 3 is 2.72 bits per heavy atom. The van der Waals surface area contributed by atoms with Crippen molar-refractivity contribution in [1.82, 2.24) is 4.98 Å². The van der Waals surface area contributed by atoms with Gasteiger partial charge in [-0.3, -0.25) is 4.79 Å². The second-order valence-electron chi connectivity index (χ2n) is 7.42. The number of hydrogen-bond acceptors (Lipinski definition) is 5. The highest BCUT2D eigenvalue weighted by Gasteiger charge is 2.33. The molecule has 1 aliphatic heterocycles. The summed E-state index contributed by atoms with van der Waals surface area (Å²) in [7, 11) is 0. The van der Waals surface area contributed by atoms with E-state index in [0.29, 0.717) is 62.6 Å². The monoisotopic (exact) mass is 466 g/mol. The van der Waals surface area contributed by atoms with Gasteiger partial charge in [0.25, 0.3) is 0 Å². The van der Waals surface area contributed by atoms with E-state index < -0.39 is 11.7 Å². The van der Waals surface area contributed by atoms with E-state index in [0.717, 1.165) is 12.3 Å². The number of nitriles is 1. The Hall–Kier alpha value is -2.99. The Labute approximate surface area is 188 Å². The van der Waals surface area contributed by atoms with Crippen LogP contribution in [0.2, 0.25) is 5.02 Å². The minimum absolute atomic E-state index is 0.0608. The molecule has 0 bridgehead atoms. The number of carbonyl (C=O) groups excluding carboxylic acids is 1. The maximum Gasteiger partial charge on any atom is 0.417 e.